The van der Waals surface area contributed by atoms with Crippen LogP contribution in [0.1, 0.15) is 136 Å². The van der Waals surface area contributed by atoms with Crippen molar-refractivity contribution in [3.05, 3.63) is 161 Å². The molecule has 8 rings (SSSR count). The number of rotatable bonds is 33. The Morgan fingerprint density at radius 3 is 2.14 bits per heavy atom. The maximum atomic E-state index is 15.1. The zero-order valence-electron chi connectivity index (χ0n) is 58.2. The number of aliphatic hydroxyl groups is 3. The van der Waals surface area contributed by atoms with Gasteiger partial charge in [-0.2, -0.15) is 0 Å². The Balaban J connectivity index is 0.968. The van der Waals surface area contributed by atoms with Gasteiger partial charge in [-0.1, -0.05) is 145 Å². The number of piperidine rings is 1. The van der Waals surface area contributed by atoms with Crippen LogP contribution in [0.25, 0.3) is 11.1 Å². The molecular weight excluding hydrogens is 1300 g/mol. The lowest BCUT2D eigenvalue weighted by molar-refractivity contribution is -0.942. The van der Waals surface area contributed by atoms with E-state index in [2.05, 4.69) is 34.4 Å². The number of ether oxygens (including phenoxy) is 6. The van der Waals surface area contributed by atoms with Gasteiger partial charge in [0.1, 0.15) is 67.2 Å². The molecule has 2 fully saturated rings. The Hall–Kier alpha value is -8.85. The minimum absolute atomic E-state index is 0.0580. The molecule has 538 valence electrons. The first-order chi connectivity index (χ1) is 47.8. The lowest BCUT2D eigenvalue weighted by atomic mass is 9.92. The Morgan fingerprint density at radius 2 is 1.48 bits per heavy atom. The molecule has 7 N–H and O–H groups in total. The molecule has 2 aliphatic heterocycles. The van der Waals surface area contributed by atoms with Gasteiger partial charge >= 0.3 is 24.0 Å². The van der Waals surface area contributed by atoms with Gasteiger partial charge in [-0.15, -0.1) is 11.3 Å². The van der Waals surface area contributed by atoms with E-state index in [-0.39, 0.29) is 103 Å². The number of thiazole rings is 1. The van der Waals surface area contributed by atoms with Gasteiger partial charge < -0.3 is 74.4 Å². The summed E-state index contributed by atoms with van der Waals surface area (Å²) >= 11 is 1.14. The van der Waals surface area contributed by atoms with Gasteiger partial charge in [0, 0.05) is 68.7 Å². The molecular formula is C75H96N7O17S+. The van der Waals surface area contributed by atoms with E-state index in [1.165, 1.54) is 25.1 Å². The van der Waals surface area contributed by atoms with Crippen LogP contribution in [-0.4, -0.2) is 179 Å². The summed E-state index contributed by atoms with van der Waals surface area (Å²) in [5.41, 5.74) is 5.92. The van der Waals surface area contributed by atoms with Crippen molar-refractivity contribution in [3.8, 4) is 16.9 Å². The second-order valence-corrected chi connectivity index (χ2v) is 27.5. The van der Waals surface area contributed by atoms with E-state index in [9.17, 15) is 44.1 Å². The number of amides is 5. The molecule has 5 aromatic rings. The van der Waals surface area contributed by atoms with Gasteiger partial charge in [-0.05, 0) is 83.5 Å². The monoisotopic (exact) mass is 1400 g/mol. The van der Waals surface area contributed by atoms with Crippen molar-refractivity contribution in [2.45, 2.75) is 166 Å². The summed E-state index contributed by atoms with van der Waals surface area (Å²) in [4.78, 5) is 116. The van der Waals surface area contributed by atoms with Gasteiger partial charge in [0.05, 0.1) is 25.2 Å². The number of likely N-dealkylation sites (tertiary alicyclic amines) is 1. The number of likely N-dealkylation sites (N-methyl/N-ethyl adjacent to an activating group) is 2. The fraction of sp³-hybridized carbons (Fsp3) is 0.480. The summed E-state index contributed by atoms with van der Waals surface area (Å²) in [5.74, 6) is -5.23. The first-order valence-corrected chi connectivity index (χ1v) is 35.0. The number of aromatic nitrogens is 1. The van der Waals surface area contributed by atoms with Crippen LogP contribution < -0.4 is 26.0 Å². The van der Waals surface area contributed by atoms with Gasteiger partial charge in [0.25, 0.3) is 11.8 Å². The van der Waals surface area contributed by atoms with Crippen molar-refractivity contribution in [1.29, 1.82) is 0 Å². The molecule has 3 heterocycles. The predicted octanol–water partition coefficient (Wildman–Crippen LogP) is 8.23. The first-order valence-electron chi connectivity index (χ1n) is 34.2. The van der Waals surface area contributed by atoms with Crippen molar-refractivity contribution in [1.82, 2.24) is 25.8 Å². The molecule has 1 aliphatic carbocycles. The quantitative estimate of drug-likeness (QED) is 0.00900. The SMILES string of the molecule is C=CCOC(=O)[C@H]1O[C@@H](Oc2ccc(C[N+]3(C)CCCC[C@@H]3C(=O)N[C@H](C(=O)N(C)[C@H](C[C@@H](OC(C)=O)c3nc(C(=O)N[C@@H](Cc4ccccc4)C[C@H](C)C(=O)OCC=C)cs3)C(C)C)[C@@H](C)CC)cc2NC(=O)CCNC(=O)OCC2c3ccccc3-c3ccccc32)[C@H](O)[C@@H](O)[C@@H]1O. The zero-order valence-corrected chi connectivity index (χ0v) is 59.0. The second-order valence-electron chi connectivity index (χ2n) is 26.6. The molecule has 4 aromatic carbocycles. The third-order valence-corrected chi connectivity index (χ3v) is 19.8. The number of benzene rings is 4. The zero-order chi connectivity index (χ0) is 72.4. The highest BCUT2D eigenvalue weighted by atomic mass is 32.1. The lowest BCUT2D eigenvalue weighted by Crippen LogP contribution is -2.63. The number of anilines is 1. The van der Waals surface area contributed by atoms with Gasteiger partial charge in [-0.25, -0.2) is 14.6 Å². The van der Waals surface area contributed by atoms with Crippen LogP contribution in [0.5, 0.6) is 5.75 Å². The molecule has 25 heteroatoms. The summed E-state index contributed by atoms with van der Waals surface area (Å²) in [7, 11) is 3.61. The fourth-order valence-corrected chi connectivity index (χ4v) is 14.2. The van der Waals surface area contributed by atoms with E-state index < -0.39 is 103 Å². The van der Waals surface area contributed by atoms with Crippen LogP contribution in [-0.2, 0) is 65.4 Å². The van der Waals surface area contributed by atoms with Crippen molar-refractivity contribution < 1.29 is 86.6 Å². The molecule has 100 heavy (non-hydrogen) atoms. The molecule has 2 saturated heterocycles. The largest absolute Gasteiger partial charge is 0.461 e. The smallest absolute Gasteiger partial charge is 0.407 e. The van der Waals surface area contributed by atoms with E-state index in [1.807, 2.05) is 114 Å². The summed E-state index contributed by atoms with van der Waals surface area (Å²) < 4.78 is 34.1. The van der Waals surface area contributed by atoms with Gasteiger partial charge in [-0.3, -0.25) is 28.8 Å². The molecule has 5 amide bonds. The fourth-order valence-electron chi connectivity index (χ4n) is 13.3. The summed E-state index contributed by atoms with van der Waals surface area (Å²) in [5, 5.41) is 46.5. The molecule has 0 spiro atoms. The average Bonchev–Trinajstić information content (AvgIpc) is 1.51. The number of carbonyl (C=O) groups is 8. The third kappa shape index (κ3) is 19.8. The van der Waals surface area contributed by atoms with Gasteiger partial charge in [0.2, 0.25) is 18.1 Å². The average molecular weight is 1400 g/mol. The number of aliphatic hydroxyl groups excluding tert-OH is 3. The number of quaternary nitrogens is 1. The van der Waals surface area contributed by atoms with Crippen LogP contribution in [0.3, 0.4) is 0 Å². The summed E-state index contributed by atoms with van der Waals surface area (Å²) in [6.07, 6.45) is -5.19. The summed E-state index contributed by atoms with van der Waals surface area (Å²) in [6.45, 7) is 18.4. The van der Waals surface area contributed by atoms with Crippen molar-refractivity contribution in [3.63, 3.8) is 0 Å². The van der Waals surface area contributed by atoms with E-state index in [4.69, 9.17) is 33.4 Å². The van der Waals surface area contributed by atoms with Gasteiger partial charge in [0.15, 0.2) is 18.2 Å². The first kappa shape index (κ1) is 76.9. The molecule has 0 radical (unpaired) electrons. The predicted molar refractivity (Wildman–Crippen MR) is 374 cm³/mol. The molecule has 0 saturated carbocycles. The Bertz CT molecular complexity index is 3640. The number of fused-ring (bicyclic) bond motifs is 3. The second kappa shape index (κ2) is 36.0. The Labute approximate surface area is 588 Å². The highest BCUT2D eigenvalue weighted by Crippen LogP contribution is 2.45. The number of carbonyl (C=O) groups excluding carboxylic acids is 8. The number of esters is 3. The van der Waals surface area contributed by atoms with Crippen molar-refractivity contribution in [2.24, 2.45) is 17.8 Å². The topological polar surface area (TPSA) is 317 Å². The maximum Gasteiger partial charge on any atom is 0.407 e. The van der Waals surface area contributed by atoms with Crippen LogP contribution in [0.15, 0.2) is 128 Å². The van der Waals surface area contributed by atoms with E-state index in [0.29, 0.717) is 42.8 Å². The van der Waals surface area contributed by atoms with E-state index >= 15 is 9.59 Å². The number of nitrogens with zero attached hydrogens (tertiary/aromatic N) is 3. The molecule has 13 atom stereocenters. The normalized spacial score (nSPS) is 21.2. The maximum absolute atomic E-state index is 15.1. The van der Waals surface area contributed by atoms with Crippen LogP contribution >= 0.6 is 11.3 Å². The minimum atomic E-state index is -1.93. The Morgan fingerprint density at radius 1 is 0.810 bits per heavy atom. The highest BCUT2D eigenvalue weighted by molar-refractivity contribution is 7.09. The molecule has 1 aromatic heterocycles. The standard InChI is InChI=1S/C75H95N7O17S/c1-11-35-94-72(91)46(7)37-50(38-48-23-15-14-16-24-48)77-68(88)57-43-100-70(79-57)61(97-47(8)83)40-58(44(4)5)81(9)71(90)63(45(6)13-3)80-69(89)59-29-21-22-34-82(59,10)41-49-30-31-60(98-74-66(87)64(85)65(86)67(99-74)73(92)95-36-12-2)56(39-49)78-62(84)32-33-76-75(93)96-42-55-53-27-19-17-25-51(53)52-26-18-20-28-54(52)55/h11-12,14-20,23-28,30-31,39,43-46,50,55,58-59,61,63-67,74,85-87H,1-2,13,21-22,29,32-38,40-42H2,3-10H3,(H3-,76,77,78,80,84,88,89,93)/p+1/t45-,46-,50+,58+,59+,61+,63-,64-,65-,66+,67-,74+,82?/m0/s1. The van der Waals surface area contributed by atoms with Crippen molar-refractivity contribution in [2.75, 3.05) is 52.3 Å². The molecule has 1 unspecified atom stereocenters. The lowest BCUT2D eigenvalue weighted by Gasteiger charge is -2.44. The Kier molecular flexibility index (Phi) is 27.7. The van der Waals surface area contributed by atoms with Crippen LogP contribution in [0.4, 0.5) is 10.5 Å². The number of hydrogen-bond acceptors (Lipinski definition) is 19. The van der Waals surface area contributed by atoms with Crippen LogP contribution in [0, 0.1) is 17.8 Å². The van der Waals surface area contributed by atoms with E-state index in [1.54, 1.807) is 36.4 Å². The third-order valence-electron chi connectivity index (χ3n) is 18.9. The molecule has 24 nitrogen and oxygen atoms in total. The number of alkyl carbamates (subject to hydrolysis) is 1. The number of nitrogens with one attached hydrogen (secondary N) is 4. The van der Waals surface area contributed by atoms with Crippen LogP contribution in [0.2, 0.25) is 0 Å². The molecule has 3 aliphatic rings. The van der Waals surface area contributed by atoms with E-state index in [0.717, 1.165) is 45.6 Å². The van der Waals surface area contributed by atoms with Crippen molar-refractivity contribution >= 4 is 64.7 Å². The highest BCUT2D eigenvalue weighted by Gasteiger charge is 2.49. The summed E-state index contributed by atoms with van der Waals surface area (Å²) in [6, 6.07) is 27.5. The molecule has 0 bridgehead atoms. The minimum Gasteiger partial charge on any atom is -0.461 e. The number of hydrogen-bond donors (Lipinski definition) is 7.